The molecule has 2 aliphatic heterocycles. The Kier molecular flexibility index (Phi) is 6.74. The van der Waals surface area contributed by atoms with Crippen LogP contribution in [0.25, 0.3) is 0 Å². The first-order valence-electron chi connectivity index (χ1n) is 12.6. The summed E-state index contributed by atoms with van der Waals surface area (Å²) in [5.41, 5.74) is 2.36. The number of esters is 1. The second-order valence-electron chi connectivity index (χ2n) is 10.7. The number of imide groups is 1. The van der Waals surface area contributed by atoms with Gasteiger partial charge >= 0.3 is 5.97 Å². The van der Waals surface area contributed by atoms with Crippen molar-refractivity contribution in [3.63, 3.8) is 0 Å². The van der Waals surface area contributed by atoms with Crippen molar-refractivity contribution in [2.24, 2.45) is 17.8 Å². The van der Waals surface area contributed by atoms with E-state index in [4.69, 9.17) is 74.3 Å². The number of benzene rings is 2. The maximum atomic E-state index is 13.7. The third-order valence-corrected chi connectivity index (χ3v) is 12.7. The SMILES string of the molecule is Cc1ccccc1N1C[C@H](C(=O)Oc2ccc(N3C(=O)[C@@H]4[C@H](C3=O)[C@@]3(Cl)C(Cl)=C(Cl)[C@@]4(Cl)C3(Cl)Cl)c(C)c2)CC1=O. The van der Waals surface area contributed by atoms with Crippen molar-refractivity contribution in [1.82, 2.24) is 0 Å². The fourth-order valence-electron chi connectivity index (χ4n) is 6.34. The molecule has 2 heterocycles. The Morgan fingerprint density at radius 1 is 0.854 bits per heavy atom. The number of carbonyl (C=O) groups is 4. The van der Waals surface area contributed by atoms with E-state index in [9.17, 15) is 19.2 Å². The number of rotatable bonds is 4. The number of hydrogen-bond acceptors (Lipinski definition) is 5. The highest BCUT2D eigenvalue weighted by molar-refractivity contribution is 6.67. The smallest absolute Gasteiger partial charge is 0.316 e. The number of alkyl halides is 4. The quantitative estimate of drug-likeness (QED) is 0.166. The van der Waals surface area contributed by atoms with Gasteiger partial charge in [-0.15, -0.1) is 23.2 Å². The van der Waals surface area contributed by atoms with E-state index >= 15 is 0 Å². The van der Waals surface area contributed by atoms with Crippen LogP contribution in [0.3, 0.4) is 0 Å². The number of para-hydroxylation sites is 1. The molecular weight excluding hydrogens is 657 g/mol. The highest BCUT2D eigenvalue weighted by atomic mass is 35.5. The highest BCUT2D eigenvalue weighted by Gasteiger charge is 2.87. The van der Waals surface area contributed by atoms with Crippen molar-refractivity contribution in [2.45, 2.75) is 34.3 Å². The molecule has 2 saturated heterocycles. The molecule has 0 radical (unpaired) electrons. The van der Waals surface area contributed by atoms with Gasteiger partial charge in [-0.25, -0.2) is 4.90 Å². The van der Waals surface area contributed by atoms with Gasteiger partial charge in [0.2, 0.25) is 17.7 Å². The van der Waals surface area contributed by atoms with Gasteiger partial charge in [-0.2, -0.15) is 0 Å². The first-order valence-corrected chi connectivity index (χ1v) is 14.8. The summed E-state index contributed by atoms with van der Waals surface area (Å²) in [6.07, 6.45) is 0.0198. The van der Waals surface area contributed by atoms with Crippen LogP contribution in [0, 0.1) is 31.6 Å². The van der Waals surface area contributed by atoms with E-state index in [0.29, 0.717) is 5.56 Å². The molecule has 5 atom stereocenters. The third kappa shape index (κ3) is 3.66. The Morgan fingerprint density at radius 2 is 1.44 bits per heavy atom. The lowest BCUT2D eigenvalue weighted by Crippen LogP contribution is -2.50. The Balaban J connectivity index is 1.22. The molecular formula is C28H20Cl6N2O5. The number of allylic oxidation sites excluding steroid dienone is 2. The van der Waals surface area contributed by atoms with Crippen LogP contribution >= 0.6 is 69.6 Å². The molecule has 13 heteroatoms. The molecule has 2 aliphatic carbocycles. The minimum Gasteiger partial charge on any atom is -0.426 e. The minimum absolute atomic E-state index is 0.0198. The predicted octanol–water partition coefficient (Wildman–Crippen LogP) is 6.21. The van der Waals surface area contributed by atoms with Gasteiger partial charge < -0.3 is 9.64 Å². The second kappa shape index (κ2) is 9.50. The lowest BCUT2D eigenvalue weighted by Gasteiger charge is -2.34. The molecule has 214 valence electrons. The number of nitrogens with zero attached hydrogens (tertiary/aromatic N) is 2. The van der Waals surface area contributed by atoms with E-state index in [1.807, 2.05) is 31.2 Å². The average molecular weight is 677 g/mol. The van der Waals surface area contributed by atoms with Crippen molar-refractivity contribution in [3.8, 4) is 5.75 Å². The lowest BCUT2D eigenvalue weighted by atomic mass is 9.84. The molecule has 2 aromatic carbocycles. The Bertz CT molecular complexity index is 1560. The summed E-state index contributed by atoms with van der Waals surface area (Å²) < 4.78 is 3.57. The van der Waals surface area contributed by atoms with E-state index < -0.39 is 49.6 Å². The van der Waals surface area contributed by atoms with E-state index in [-0.39, 0.29) is 40.4 Å². The summed E-state index contributed by atoms with van der Waals surface area (Å²) in [6, 6.07) is 11.9. The van der Waals surface area contributed by atoms with Crippen LogP contribution in [-0.4, -0.2) is 44.3 Å². The molecule has 6 rings (SSSR count). The number of ether oxygens (including phenoxy) is 1. The Labute approximate surface area is 265 Å². The number of halogens is 6. The first-order chi connectivity index (χ1) is 19.2. The first kappa shape index (κ1) is 29.1. The molecule has 3 fully saturated rings. The fraction of sp³-hybridized carbons (Fsp3) is 0.357. The summed E-state index contributed by atoms with van der Waals surface area (Å²) >= 11 is 39.4. The fourth-order valence-corrected chi connectivity index (χ4v) is 9.27. The molecule has 7 nitrogen and oxygen atoms in total. The number of hydrogen-bond donors (Lipinski definition) is 0. The van der Waals surface area contributed by atoms with Crippen LogP contribution in [0.4, 0.5) is 11.4 Å². The second-order valence-corrected chi connectivity index (χ2v) is 13.9. The van der Waals surface area contributed by atoms with E-state index in [0.717, 1.165) is 16.2 Å². The van der Waals surface area contributed by atoms with Crippen LogP contribution in [0.2, 0.25) is 0 Å². The number of anilines is 2. The van der Waals surface area contributed by atoms with Crippen LogP contribution in [-0.2, 0) is 19.2 Å². The molecule has 41 heavy (non-hydrogen) atoms. The maximum absolute atomic E-state index is 13.7. The average Bonchev–Trinajstić information content (AvgIpc) is 3.50. The number of carbonyl (C=O) groups excluding carboxylic acids is 4. The van der Waals surface area contributed by atoms with Gasteiger partial charge in [0.15, 0.2) is 4.33 Å². The zero-order chi connectivity index (χ0) is 29.8. The summed E-state index contributed by atoms with van der Waals surface area (Å²) in [6.45, 7) is 3.74. The van der Waals surface area contributed by atoms with Crippen LogP contribution in [0.5, 0.6) is 5.75 Å². The van der Waals surface area contributed by atoms with Gasteiger partial charge in [-0.3, -0.25) is 19.2 Å². The predicted molar refractivity (Wildman–Crippen MR) is 158 cm³/mol. The van der Waals surface area contributed by atoms with Gasteiger partial charge in [0, 0.05) is 18.7 Å². The van der Waals surface area contributed by atoms with E-state index in [1.165, 1.54) is 18.2 Å². The lowest BCUT2D eigenvalue weighted by molar-refractivity contribution is -0.139. The third-order valence-electron chi connectivity index (χ3n) is 8.40. The summed E-state index contributed by atoms with van der Waals surface area (Å²) in [4.78, 5) is 51.7. The van der Waals surface area contributed by atoms with Crippen molar-refractivity contribution < 1.29 is 23.9 Å². The van der Waals surface area contributed by atoms with Crippen LogP contribution < -0.4 is 14.5 Å². The highest BCUT2D eigenvalue weighted by Crippen LogP contribution is 2.77. The molecule has 2 aromatic rings. The van der Waals surface area contributed by atoms with Gasteiger partial charge in [0.25, 0.3) is 0 Å². The molecule has 0 unspecified atom stereocenters. The molecule has 0 aromatic heterocycles. The minimum atomic E-state index is -2.02. The molecule has 4 aliphatic rings. The van der Waals surface area contributed by atoms with Gasteiger partial charge in [0.05, 0.1) is 33.5 Å². The van der Waals surface area contributed by atoms with Crippen molar-refractivity contribution in [2.75, 3.05) is 16.3 Å². The number of aryl methyl sites for hydroxylation is 2. The van der Waals surface area contributed by atoms with Gasteiger partial charge in [-0.1, -0.05) is 64.6 Å². The van der Waals surface area contributed by atoms with Crippen molar-refractivity contribution in [1.29, 1.82) is 0 Å². The van der Waals surface area contributed by atoms with Crippen molar-refractivity contribution >= 4 is 105 Å². The largest absolute Gasteiger partial charge is 0.426 e. The molecule has 2 bridgehead atoms. The monoisotopic (exact) mass is 674 g/mol. The summed E-state index contributed by atoms with van der Waals surface area (Å²) in [5, 5.41) is -0.342. The zero-order valence-corrected chi connectivity index (χ0v) is 25.9. The van der Waals surface area contributed by atoms with E-state index in [2.05, 4.69) is 0 Å². The molecule has 3 amide bonds. The van der Waals surface area contributed by atoms with Gasteiger partial charge in [-0.05, 0) is 49.2 Å². The summed E-state index contributed by atoms with van der Waals surface area (Å²) in [5.74, 6) is -5.08. The molecule has 0 N–H and O–H groups in total. The van der Waals surface area contributed by atoms with Crippen LogP contribution in [0.1, 0.15) is 17.5 Å². The normalized spacial score (nSPS) is 31.9. The maximum Gasteiger partial charge on any atom is 0.316 e. The Hall–Kier alpha value is -2.00. The molecule has 1 saturated carbocycles. The summed E-state index contributed by atoms with van der Waals surface area (Å²) in [7, 11) is 0. The number of amides is 3. The molecule has 0 spiro atoms. The van der Waals surface area contributed by atoms with Crippen molar-refractivity contribution in [3.05, 3.63) is 63.7 Å². The van der Waals surface area contributed by atoms with E-state index in [1.54, 1.807) is 11.8 Å². The zero-order valence-electron chi connectivity index (χ0n) is 21.4. The standard InChI is InChI=1S/C28H20Cl6N2O5/c1-12-5-3-4-6-16(12)35-11-14(10-18(35)37)25(40)41-15-7-8-17(13(2)9-15)36-23(38)19-20(24(36)39)27(32)22(30)21(29)26(19,31)28(27,33)34/h3-9,14,19-20H,10-11H2,1-2H3/t14-,19-,20+,26-,27-/m1/s1. The van der Waals surface area contributed by atoms with Crippen LogP contribution in [0.15, 0.2) is 52.5 Å². The Morgan fingerprint density at radius 3 is 2.00 bits per heavy atom. The number of fused-ring (bicyclic) bond motifs is 5. The van der Waals surface area contributed by atoms with Gasteiger partial charge in [0.1, 0.15) is 15.5 Å². The topological polar surface area (TPSA) is 84.0 Å².